The predicted molar refractivity (Wildman–Crippen MR) is 147 cm³/mol. The maximum absolute atomic E-state index is 13.0. The summed E-state index contributed by atoms with van der Waals surface area (Å²) < 4.78 is 0. The summed E-state index contributed by atoms with van der Waals surface area (Å²) in [6, 6.07) is 19.8. The van der Waals surface area contributed by atoms with E-state index in [0.717, 1.165) is 35.5 Å². The Bertz CT molecular complexity index is 1200. The van der Waals surface area contributed by atoms with Crippen molar-refractivity contribution >= 4 is 17.5 Å². The summed E-state index contributed by atoms with van der Waals surface area (Å²) in [5, 5.41) is 10.1. The van der Waals surface area contributed by atoms with Crippen LogP contribution in [-0.2, 0) is 6.54 Å². The van der Waals surface area contributed by atoms with Crippen molar-refractivity contribution in [3.8, 4) is 16.9 Å². The lowest BCUT2D eigenvalue weighted by atomic mass is 9.97. The molecule has 5 nitrogen and oxygen atoms in total. The van der Waals surface area contributed by atoms with Crippen LogP contribution in [-0.4, -0.2) is 69.0 Å². The second-order valence-corrected chi connectivity index (χ2v) is 9.59. The van der Waals surface area contributed by atoms with Crippen LogP contribution in [0.5, 0.6) is 5.75 Å². The molecule has 0 fully saturated rings. The first-order chi connectivity index (χ1) is 16.7. The number of phenolic OH excluding ortho intramolecular Hbond substituents is 1. The lowest BCUT2D eigenvalue weighted by Gasteiger charge is -2.24. The van der Waals surface area contributed by atoms with E-state index < -0.39 is 0 Å². The zero-order valence-corrected chi connectivity index (χ0v) is 21.7. The maximum atomic E-state index is 13.0. The van der Waals surface area contributed by atoms with Crippen LogP contribution in [0.15, 0.2) is 66.7 Å². The van der Waals surface area contributed by atoms with Crippen molar-refractivity contribution in [1.29, 1.82) is 0 Å². The number of benzene rings is 3. The van der Waals surface area contributed by atoms with Gasteiger partial charge in [0.15, 0.2) is 5.78 Å². The fourth-order valence-corrected chi connectivity index (χ4v) is 4.02. The molecule has 0 aliphatic carbocycles. The quantitative estimate of drug-likeness (QED) is 0.320. The van der Waals surface area contributed by atoms with Crippen molar-refractivity contribution < 1.29 is 9.90 Å². The van der Waals surface area contributed by atoms with E-state index in [1.54, 1.807) is 24.3 Å². The minimum Gasteiger partial charge on any atom is -0.508 e. The molecule has 0 radical (unpaired) electrons. The van der Waals surface area contributed by atoms with Gasteiger partial charge in [-0.3, -0.25) is 4.79 Å². The third-order valence-corrected chi connectivity index (χ3v) is 6.05. The zero-order chi connectivity index (χ0) is 25.5. The smallest absolute Gasteiger partial charge is 0.185 e. The highest BCUT2D eigenvalue weighted by atomic mass is 16.3. The van der Waals surface area contributed by atoms with Crippen LogP contribution in [0.25, 0.3) is 17.2 Å². The van der Waals surface area contributed by atoms with Crippen molar-refractivity contribution in [1.82, 2.24) is 9.80 Å². The zero-order valence-electron chi connectivity index (χ0n) is 21.7. The Hall–Kier alpha value is -3.41. The monoisotopic (exact) mass is 471 g/mol. The summed E-state index contributed by atoms with van der Waals surface area (Å²) in [6.07, 6.45) is 3.52. The van der Waals surface area contributed by atoms with Crippen LogP contribution < -0.4 is 4.90 Å². The van der Waals surface area contributed by atoms with Gasteiger partial charge < -0.3 is 19.8 Å². The number of nitrogens with zero attached hydrogens (tertiary/aromatic N) is 3. The molecular formula is C30H37N3O2. The second kappa shape index (κ2) is 11.8. The van der Waals surface area contributed by atoms with Crippen LogP contribution in [0.3, 0.4) is 0 Å². The van der Waals surface area contributed by atoms with Gasteiger partial charge in [0.1, 0.15) is 5.75 Å². The second-order valence-electron chi connectivity index (χ2n) is 9.59. The molecule has 5 heteroatoms. The van der Waals surface area contributed by atoms with E-state index in [1.165, 1.54) is 11.1 Å². The van der Waals surface area contributed by atoms with Crippen molar-refractivity contribution in [2.75, 3.05) is 53.2 Å². The molecule has 0 saturated carbocycles. The standard InChI is InChI=1S/C30H37N3O2/c1-22-9-7-8-10-27(22)24-12-11-23(28(20-24)33(6)18-17-31(2)3)13-15-29(34)25-14-16-30(35)26(19-25)21-32(4)5/h7-16,19-20,35H,17-18,21H2,1-6H3. The number of phenols is 1. The minimum atomic E-state index is -0.0881. The molecule has 3 aromatic rings. The summed E-state index contributed by atoms with van der Waals surface area (Å²) >= 11 is 0. The van der Waals surface area contributed by atoms with Crippen LogP contribution in [0, 0.1) is 6.92 Å². The van der Waals surface area contributed by atoms with E-state index in [2.05, 4.69) is 80.3 Å². The number of aryl methyl sites for hydroxylation is 1. The molecule has 0 amide bonds. The Morgan fingerprint density at radius 3 is 2.31 bits per heavy atom. The molecule has 0 heterocycles. The Kier molecular flexibility index (Phi) is 8.85. The van der Waals surface area contributed by atoms with Gasteiger partial charge in [0.25, 0.3) is 0 Å². The molecule has 3 rings (SSSR count). The Morgan fingerprint density at radius 1 is 0.886 bits per heavy atom. The average Bonchev–Trinajstić information content (AvgIpc) is 2.82. The molecule has 0 aromatic heterocycles. The number of likely N-dealkylation sites (N-methyl/N-ethyl adjacent to an activating group) is 2. The highest BCUT2D eigenvalue weighted by Crippen LogP contribution is 2.31. The number of allylic oxidation sites excluding steroid dienone is 1. The molecule has 0 aliphatic heterocycles. The molecule has 35 heavy (non-hydrogen) atoms. The van der Waals surface area contributed by atoms with Gasteiger partial charge in [-0.2, -0.15) is 0 Å². The largest absolute Gasteiger partial charge is 0.508 e. The molecule has 0 unspecified atom stereocenters. The molecule has 0 atom stereocenters. The maximum Gasteiger partial charge on any atom is 0.185 e. The van der Waals surface area contributed by atoms with Crippen molar-refractivity contribution in [2.45, 2.75) is 13.5 Å². The Balaban J connectivity index is 1.94. The van der Waals surface area contributed by atoms with E-state index in [4.69, 9.17) is 0 Å². The van der Waals surface area contributed by atoms with Gasteiger partial charge >= 0.3 is 0 Å². The topological polar surface area (TPSA) is 47.0 Å². The average molecular weight is 472 g/mol. The molecule has 1 N–H and O–H groups in total. The number of carbonyl (C=O) groups excluding carboxylic acids is 1. The van der Waals surface area contributed by atoms with Gasteiger partial charge in [0, 0.05) is 43.5 Å². The highest BCUT2D eigenvalue weighted by molar-refractivity contribution is 6.07. The van der Waals surface area contributed by atoms with Crippen molar-refractivity contribution in [3.63, 3.8) is 0 Å². The molecule has 0 aliphatic rings. The SMILES string of the molecule is Cc1ccccc1-c1ccc(C=CC(=O)c2ccc(O)c(CN(C)C)c2)c(N(C)CCN(C)C)c1. The van der Waals surface area contributed by atoms with E-state index in [-0.39, 0.29) is 11.5 Å². The third kappa shape index (κ3) is 7.04. The number of aromatic hydroxyl groups is 1. The van der Waals surface area contributed by atoms with Gasteiger partial charge in [0.2, 0.25) is 0 Å². The van der Waals surface area contributed by atoms with E-state index in [0.29, 0.717) is 12.1 Å². The van der Waals surface area contributed by atoms with Gasteiger partial charge in [0.05, 0.1) is 0 Å². The van der Waals surface area contributed by atoms with Gasteiger partial charge in [-0.1, -0.05) is 36.4 Å². The van der Waals surface area contributed by atoms with Crippen molar-refractivity contribution in [3.05, 3.63) is 89.0 Å². The van der Waals surface area contributed by atoms with E-state index in [9.17, 15) is 9.90 Å². The van der Waals surface area contributed by atoms with Gasteiger partial charge in [-0.25, -0.2) is 0 Å². The number of ketones is 1. The Labute approximate surface area is 209 Å². The summed E-state index contributed by atoms with van der Waals surface area (Å²) in [4.78, 5) is 19.4. The van der Waals surface area contributed by atoms with E-state index in [1.807, 2.05) is 25.1 Å². The molecule has 0 saturated heterocycles. The van der Waals surface area contributed by atoms with Gasteiger partial charge in [-0.15, -0.1) is 0 Å². The fraction of sp³-hybridized carbons (Fsp3) is 0.300. The lowest BCUT2D eigenvalue weighted by molar-refractivity contribution is 0.104. The number of rotatable bonds is 10. The minimum absolute atomic E-state index is 0.0881. The molecular weight excluding hydrogens is 434 g/mol. The number of carbonyl (C=O) groups is 1. The third-order valence-electron chi connectivity index (χ3n) is 6.05. The number of hydrogen-bond acceptors (Lipinski definition) is 5. The summed E-state index contributed by atoms with van der Waals surface area (Å²) in [5.41, 5.74) is 6.97. The van der Waals surface area contributed by atoms with Crippen LogP contribution in [0.4, 0.5) is 5.69 Å². The first kappa shape index (κ1) is 26.2. The Morgan fingerprint density at radius 2 is 1.63 bits per heavy atom. The number of anilines is 1. The number of hydrogen-bond donors (Lipinski definition) is 1. The lowest BCUT2D eigenvalue weighted by Crippen LogP contribution is -2.28. The molecule has 3 aromatic carbocycles. The van der Waals surface area contributed by atoms with Crippen LogP contribution in [0.2, 0.25) is 0 Å². The van der Waals surface area contributed by atoms with Crippen LogP contribution in [0.1, 0.15) is 27.0 Å². The van der Waals surface area contributed by atoms with Gasteiger partial charge in [-0.05, 0) is 93.8 Å². The van der Waals surface area contributed by atoms with Crippen molar-refractivity contribution in [2.24, 2.45) is 0 Å². The highest BCUT2D eigenvalue weighted by Gasteiger charge is 2.12. The van der Waals surface area contributed by atoms with E-state index >= 15 is 0 Å². The molecule has 184 valence electrons. The summed E-state index contributed by atoms with van der Waals surface area (Å²) in [5.74, 6) is 0.116. The molecule has 0 spiro atoms. The predicted octanol–water partition coefficient (Wildman–Crippen LogP) is 5.32. The first-order valence-electron chi connectivity index (χ1n) is 11.9. The summed E-state index contributed by atoms with van der Waals surface area (Å²) in [6.45, 7) is 4.48. The normalized spacial score (nSPS) is 11.5. The first-order valence-corrected chi connectivity index (χ1v) is 11.9. The molecule has 0 bridgehead atoms. The van der Waals surface area contributed by atoms with Crippen LogP contribution >= 0.6 is 0 Å². The fourth-order valence-electron chi connectivity index (χ4n) is 4.02. The summed E-state index contributed by atoms with van der Waals surface area (Å²) in [7, 11) is 10.1.